The second-order valence-electron chi connectivity index (χ2n) is 8.38. The second kappa shape index (κ2) is 10.7. The molecule has 2 aliphatic rings. The third-order valence-electron chi connectivity index (χ3n) is 6.08. The predicted octanol–water partition coefficient (Wildman–Crippen LogP) is 6.00. The minimum atomic E-state index is -0.0996. The first-order valence-corrected chi connectivity index (χ1v) is 13.3. The van der Waals surface area contributed by atoms with Gasteiger partial charge >= 0.3 is 0 Å². The Bertz CT molecular complexity index is 1330. The molecule has 35 heavy (non-hydrogen) atoms. The van der Waals surface area contributed by atoms with Gasteiger partial charge in [0, 0.05) is 73.2 Å². The standard InChI is InChI=1S/C25H26N6O2S2/c1-2-16(15-27-30-26)28-17-6-7-21-23(12-17)34-22-5-3-4-19(25(22)35-21)20-13-18(14-24(32)29-20)31-8-10-33-11-9-31/h3-7,12-14,16,28H,2,8-11,15H2,1H3,(H,29,32). The molecular formula is C25H26N6O2S2. The summed E-state index contributed by atoms with van der Waals surface area (Å²) in [5, 5.41) is 7.19. The van der Waals surface area contributed by atoms with Crippen LogP contribution in [0.2, 0.25) is 0 Å². The molecule has 1 unspecified atom stereocenters. The topological polar surface area (TPSA) is 106 Å². The average Bonchev–Trinajstić information content (AvgIpc) is 2.89. The first-order chi connectivity index (χ1) is 17.1. The van der Waals surface area contributed by atoms with E-state index in [9.17, 15) is 4.79 Å². The Morgan fingerprint density at radius 3 is 2.80 bits per heavy atom. The van der Waals surface area contributed by atoms with E-state index in [1.165, 1.54) is 9.79 Å². The quantitative estimate of drug-likeness (QED) is 0.181. The van der Waals surface area contributed by atoms with Crippen LogP contribution in [-0.4, -0.2) is 43.9 Å². The van der Waals surface area contributed by atoms with Gasteiger partial charge in [0.1, 0.15) is 0 Å². The summed E-state index contributed by atoms with van der Waals surface area (Å²) < 4.78 is 5.47. The van der Waals surface area contributed by atoms with Gasteiger partial charge in [-0.15, -0.1) is 0 Å². The van der Waals surface area contributed by atoms with Crippen LogP contribution in [0.1, 0.15) is 13.3 Å². The van der Waals surface area contributed by atoms with Crippen LogP contribution in [0.15, 0.2) is 78.0 Å². The van der Waals surface area contributed by atoms with Crippen LogP contribution in [0, 0.1) is 0 Å². The molecule has 0 aliphatic carbocycles. The Morgan fingerprint density at radius 1 is 1.14 bits per heavy atom. The number of nitrogens with zero attached hydrogens (tertiary/aromatic N) is 4. The highest BCUT2D eigenvalue weighted by Gasteiger charge is 2.22. The molecule has 2 aromatic carbocycles. The fourth-order valence-corrected chi connectivity index (χ4v) is 6.64. The highest BCUT2D eigenvalue weighted by molar-refractivity contribution is 8.05. The summed E-state index contributed by atoms with van der Waals surface area (Å²) >= 11 is 3.46. The lowest BCUT2D eigenvalue weighted by Gasteiger charge is -2.29. The normalized spacial score (nSPS) is 15.5. The number of H-pyrrole nitrogens is 1. The van der Waals surface area contributed by atoms with E-state index in [-0.39, 0.29) is 11.6 Å². The van der Waals surface area contributed by atoms with Gasteiger partial charge in [-0.2, -0.15) is 0 Å². The van der Waals surface area contributed by atoms with Crippen molar-refractivity contribution in [1.82, 2.24) is 4.98 Å². The van der Waals surface area contributed by atoms with Gasteiger partial charge in [0.15, 0.2) is 0 Å². The highest BCUT2D eigenvalue weighted by atomic mass is 32.2. The van der Waals surface area contributed by atoms with Crippen LogP contribution in [0.4, 0.5) is 11.4 Å². The molecule has 1 saturated heterocycles. The SMILES string of the molecule is CCC(CN=[N+]=[N-])Nc1ccc2c(c1)Sc1cccc(-c3cc(N4CCOCC4)cc(=O)[nH]3)c1S2. The van der Waals surface area contributed by atoms with E-state index in [0.29, 0.717) is 19.8 Å². The molecule has 0 spiro atoms. The van der Waals surface area contributed by atoms with Crippen molar-refractivity contribution in [3.05, 3.63) is 69.3 Å². The first-order valence-electron chi connectivity index (χ1n) is 11.6. The molecule has 0 amide bonds. The van der Waals surface area contributed by atoms with Crippen molar-refractivity contribution in [2.75, 3.05) is 43.1 Å². The second-order valence-corrected chi connectivity index (χ2v) is 10.5. The zero-order valence-corrected chi connectivity index (χ0v) is 21.0. The molecule has 2 aliphatic heterocycles. The fourth-order valence-electron chi connectivity index (χ4n) is 4.23. The number of benzene rings is 2. The number of morpholine rings is 1. The van der Waals surface area contributed by atoms with Gasteiger partial charge in [-0.05, 0) is 42.3 Å². The molecule has 3 aromatic rings. The van der Waals surface area contributed by atoms with E-state index in [2.05, 4.69) is 68.5 Å². The Balaban J connectivity index is 1.43. The zero-order chi connectivity index (χ0) is 24.2. The van der Waals surface area contributed by atoms with E-state index in [1.54, 1.807) is 29.6 Å². The van der Waals surface area contributed by atoms with Crippen LogP contribution in [0.3, 0.4) is 0 Å². The molecule has 1 atom stereocenters. The summed E-state index contributed by atoms with van der Waals surface area (Å²) in [6.07, 6.45) is 0.867. The number of anilines is 2. The van der Waals surface area contributed by atoms with E-state index in [0.717, 1.165) is 51.9 Å². The number of aromatic amines is 1. The molecule has 0 radical (unpaired) electrons. The maximum absolute atomic E-state index is 12.6. The minimum Gasteiger partial charge on any atom is -0.382 e. The Kier molecular flexibility index (Phi) is 7.24. The predicted molar refractivity (Wildman–Crippen MR) is 142 cm³/mol. The number of fused-ring (bicyclic) bond motifs is 2. The first kappa shape index (κ1) is 23.7. The number of azide groups is 1. The maximum atomic E-state index is 12.6. The Morgan fingerprint density at radius 2 is 2.00 bits per heavy atom. The lowest BCUT2D eigenvalue weighted by Crippen LogP contribution is -2.36. The van der Waals surface area contributed by atoms with Crippen molar-refractivity contribution in [2.45, 2.75) is 39.0 Å². The van der Waals surface area contributed by atoms with Gasteiger partial charge < -0.3 is 19.9 Å². The summed E-state index contributed by atoms with van der Waals surface area (Å²) in [7, 11) is 0. The highest BCUT2D eigenvalue weighted by Crippen LogP contribution is 2.52. The number of hydrogen-bond donors (Lipinski definition) is 2. The molecule has 180 valence electrons. The molecule has 10 heteroatoms. The third-order valence-corrected chi connectivity index (χ3v) is 8.67. The molecule has 3 heterocycles. The zero-order valence-electron chi connectivity index (χ0n) is 19.4. The van der Waals surface area contributed by atoms with Crippen LogP contribution in [0.25, 0.3) is 21.7 Å². The summed E-state index contributed by atoms with van der Waals surface area (Å²) in [6, 6.07) is 16.4. The summed E-state index contributed by atoms with van der Waals surface area (Å²) in [6.45, 7) is 5.41. The number of pyridine rings is 1. The van der Waals surface area contributed by atoms with Crippen molar-refractivity contribution in [3.63, 3.8) is 0 Å². The largest absolute Gasteiger partial charge is 0.382 e. The maximum Gasteiger partial charge on any atom is 0.250 e. The van der Waals surface area contributed by atoms with Gasteiger partial charge in [0.05, 0.1) is 18.9 Å². The third kappa shape index (κ3) is 5.31. The molecule has 2 N–H and O–H groups in total. The molecule has 1 fully saturated rings. The van der Waals surface area contributed by atoms with Gasteiger partial charge in [-0.3, -0.25) is 4.79 Å². The average molecular weight is 507 g/mol. The van der Waals surface area contributed by atoms with Gasteiger partial charge in [0.2, 0.25) is 5.56 Å². The van der Waals surface area contributed by atoms with Crippen molar-refractivity contribution in [2.24, 2.45) is 5.11 Å². The molecule has 8 nitrogen and oxygen atoms in total. The van der Waals surface area contributed by atoms with Crippen molar-refractivity contribution < 1.29 is 4.74 Å². The van der Waals surface area contributed by atoms with E-state index < -0.39 is 0 Å². The van der Waals surface area contributed by atoms with Crippen LogP contribution in [-0.2, 0) is 4.74 Å². The molecular weight excluding hydrogens is 480 g/mol. The molecule has 0 saturated carbocycles. The Hall–Kier alpha value is -3.04. The van der Waals surface area contributed by atoms with E-state index >= 15 is 0 Å². The minimum absolute atomic E-state index is 0.0969. The van der Waals surface area contributed by atoms with E-state index in [4.69, 9.17) is 10.3 Å². The van der Waals surface area contributed by atoms with Crippen molar-refractivity contribution in [3.8, 4) is 11.3 Å². The van der Waals surface area contributed by atoms with Crippen molar-refractivity contribution >= 4 is 34.9 Å². The number of ether oxygens (including phenoxy) is 1. The van der Waals surface area contributed by atoms with Crippen LogP contribution >= 0.6 is 23.5 Å². The van der Waals surface area contributed by atoms with Crippen LogP contribution in [0.5, 0.6) is 0 Å². The summed E-state index contributed by atoms with van der Waals surface area (Å²) in [5.41, 5.74) is 12.3. The van der Waals surface area contributed by atoms with Gasteiger partial charge in [0.25, 0.3) is 0 Å². The lowest BCUT2D eigenvalue weighted by atomic mass is 10.1. The smallest absolute Gasteiger partial charge is 0.250 e. The lowest BCUT2D eigenvalue weighted by molar-refractivity contribution is 0.122. The summed E-state index contributed by atoms with van der Waals surface area (Å²) in [4.78, 5) is 25.3. The van der Waals surface area contributed by atoms with Crippen LogP contribution < -0.4 is 15.8 Å². The number of aromatic nitrogens is 1. The van der Waals surface area contributed by atoms with Gasteiger partial charge in [-0.1, -0.05) is 47.7 Å². The number of nitrogens with one attached hydrogen (secondary N) is 2. The molecule has 0 bridgehead atoms. The number of hydrogen-bond acceptors (Lipinski definition) is 7. The van der Waals surface area contributed by atoms with E-state index in [1.807, 2.05) is 6.07 Å². The van der Waals surface area contributed by atoms with Crippen molar-refractivity contribution in [1.29, 1.82) is 0 Å². The van der Waals surface area contributed by atoms with Gasteiger partial charge in [-0.25, -0.2) is 0 Å². The monoisotopic (exact) mass is 506 g/mol. The summed E-state index contributed by atoms with van der Waals surface area (Å²) in [5.74, 6) is 0. The fraction of sp³-hybridized carbons (Fsp3) is 0.320. The number of rotatable bonds is 7. The molecule has 1 aromatic heterocycles. The Labute approximate surface area is 212 Å². The molecule has 5 rings (SSSR count).